The average molecular weight is 251 g/mol. The van der Waals surface area contributed by atoms with Crippen LogP contribution in [0, 0.1) is 0 Å². The van der Waals surface area contributed by atoms with Gasteiger partial charge in [-0.25, -0.2) is 4.79 Å². The molecule has 0 fully saturated rings. The topological polar surface area (TPSA) is 63.3 Å². The molecule has 0 aliphatic carbocycles. The van der Waals surface area contributed by atoms with Gasteiger partial charge in [0.25, 0.3) is 0 Å². The Morgan fingerprint density at radius 1 is 1.44 bits per heavy atom. The Hall–Kier alpha value is -1.37. The number of hydrogen-bond donors (Lipinski definition) is 2. The van der Waals surface area contributed by atoms with Crippen molar-refractivity contribution < 1.29 is 23.1 Å². The molecule has 0 aliphatic rings. The van der Waals surface area contributed by atoms with Crippen LogP contribution in [0.4, 0.5) is 18.9 Å². The minimum atomic E-state index is -4.54. The summed E-state index contributed by atoms with van der Waals surface area (Å²) < 4.78 is 37.6. The fourth-order valence-corrected chi connectivity index (χ4v) is 1.96. The first-order valence-electron chi connectivity index (χ1n) is 4.06. The first-order chi connectivity index (χ1) is 7.29. The van der Waals surface area contributed by atoms with E-state index in [-0.39, 0.29) is 16.1 Å². The number of nitrogens with two attached hydrogens (primary N) is 1. The summed E-state index contributed by atoms with van der Waals surface area (Å²) in [6.07, 6.45) is -3.13. The van der Waals surface area contributed by atoms with Crippen LogP contribution in [0.5, 0.6) is 0 Å². The number of halogens is 3. The molecule has 0 bridgehead atoms. The number of rotatable bonds is 2. The Morgan fingerprint density at radius 3 is 2.38 bits per heavy atom. The molecular weight excluding hydrogens is 243 g/mol. The fraction of sp³-hybridized carbons (Fsp3) is 0.222. The van der Waals surface area contributed by atoms with Crippen molar-refractivity contribution in [2.24, 2.45) is 0 Å². The molecule has 0 unspecified atom stereocenters. The van der Waals surface area contributed by atoms with Crippen molar-refractivity contribution in [3.63, 3.8) is 0 Å². The maximum atomic E-state index is 12.5. The van der Waals surface area contributed by atoms with E-state index in [4.69, 9.17) is 10.8 Å². The number of carbonyl (C=O) groups is 1. The molecule has 3 nitrogen and oxygen atoms in total. The van der Waals surface area contributed by atoms with Crippen molar-refractivity contribution in [2.45, 2.75) is 11.1 Å². The van der Waals surface area contributed by atoms with Crippen LogP contribution in [0.2, 0.25) is 0 Å². The zero-order valence-electron chi connectivity index (χ0n) is 8.13. The van der Waals surface area contributed by atoms with Gasteiger partial charge in [-0.05, 0) is 18.4 Å². The summed E-state index contributed by atoms with van der Waals surface area (Å²) in [6.45, 7) is 0. The van der Waals surface area contributed by atoms with E-state index in [1.807, 2.05) is 0 Å². The Morgan fingerprint density at radius 2 is 2.00 bits per heavy atom. The van der Waals surface area contributed by atoms with Gasteiger partial charge in [-0.15, -0.1) is 11.8 Å². The summed E-state index contributed by atoms with van der Waals surface area (Å²) in [5, 5.41) is 8.71. The van der Waals surface area contributed by atoms with Crippen molar-refractivity contribution >= 4 is 23.4 Å². The van der Waals surface area contributed by atoms with Crippen molar-refractivity contribution in [2.75, 3.05) is 12.0 Å². The SMILES string of the molecule is CSc1c(C(F)(F)F)ccc(C(=O)O)c1N. The molecule has 16 heavy (non-hydrogen) atoms. The molecule has 88 valence electrons. The molecule has 3 N–H and O–H groups in total. The van der Waals surface area contributed by atoms with Crippen LogP contribution in [0.3, 0.4) is 0 Å². The van der Waals surface area contributed by atoms with Gasteiger partial charge in [0, 0.05) is 4.90 Å². The highest BCUT2D eigenvalue weighted by molar-refractivity contribution is 7.98. The summed E-state index contributed by atoms with van der Waals surface area (Å²) in [7, 11) is 0. The van der Waals surface area contributed by atoms with Gasteiger partial charge in [0.05, 0.1) is 16.8 Å². The highest BCUT2D eigenvalue weighted by atomic mass is 32.2. The molecule has 0 spiro atoms. The molecule has 1 rings (SSSR count). The minimum Gasteiger partial charge on any atom is -0.478 e. The third-order valence-corrected chi connectivity index (χ3v) is 2.78. The molecule has 7 heteroatoms. The van der Waals surface area contributed by atoms with E-state index in [0.29, 0.717) is 0 Å². The summed E-state index contributed by atoms with van der Waals surface area (Å²) in [5.74, 6) is -1.35. The molecule has 0 aromatic heterocycles. The molecule has 0 atom stereocenters. The van der Waals surface area contributed by atoms with E-state index in [1.165, 1.54) is 6.26 Å². The van der Waals surface area contributed by atoms with Gasteiger partial charge in [-0.3, -0.25) is 0 Å². The van der Waals surface area contributed by atoms with Crippen LogP contribution in [0.25, 0.3) is 0 Å². The molecule has 0 aliphatic heterocycles. The Balaban J connectivity index is 3.47. The molecule has 0 amide bonds. The third kappa shape index (κ3) is 2.24. The van der Waals surface area contributed by atoms with Crippen LogP contribution >= 0.6 is 11.8 Å². The number of carboxylic acids is 1. The normalized spacial score (nSPS) is 11.5. The van der Waals surface area contributed by atoms with Crippen molar-refractivity contribution in [3.8, 4) is 0 Å². The summed E-state index contributed by atoms with van der Waals surface area (Å²) in [5.41, 5.74) is 3.80. The predicted octanol–water partition coefficient (Wildman–Crippen LogP) is 2.71. The second-order valence-electron chi connectivity index (χ2n) is 2.91. The van der Waals surface area contributed by atoms with Crippen molar-refractivity contribution in [3.05, 3.63) is 23.3 Å². The number of thioether (sulfide) groups is 1. The van der Waals surface area contributed by atoms with Gasteiger partial charge in [-0.2, -0.15) is 13.2 Å². The van der Waals surface area contributed by atoms with Gasteiger partial charge in [0.2, 0.25) is 0 Å². The van der Waals surface area contributed by atoms with Crippen LogP contribution in [0.15, 0.2) is 17.0 Å². The summed E-state index contributed by atoms with van der Waals surface area (Å²) >= 11 is 0.772. The second kappa shape index (κ2) is 4.25. The number of benzene rings is 1. The molecule has 0 saturated carbocycles. The van der Waals surface area contributed by atoms with Gasteiger partial charge in [-0.1, -0.05) is 0 Å². The Bertz CT molecular complexity index is 431. The average Bonchev–Trinajstić information content (AvgIpc) is 2.15. The lowest BCUT2D eigenvalue weighted by atomic mass is 10.1. The molecule has 0 radical (unpaired) electrons. The lowest BCUT2D eigenvalue weighted by molar-refractivity contribution is -0.139. The summed E-state index contributed by atoms with van der Waals surface area (Å²) in [6, 6.07) is 1.59. The van der Waals surface area contributed by atoms with E-state index in [2.05, 4.69) is 0 Å². The van der Waals surface area contributed by atoms with Crippen LogP contribution < -0.4 is 5.73 Å². The highest BCUT2D eigenvalue weighted by Crippen LogP contribution is 2.40. The molecular formula is C9H8F3NO2S. The van der Waals surface area contributed by atoms with E-state index < -0.39 is 17.7 Å². The number of anilines is 1. The van der Waals surface area contributed by atoms with E-state index >= 15 is 0 Å². The lowest BCUT2D eigenvalue weighted by Crippen LogP contribution is -2.11. The number of alkyl halides is 3. The first-order valence-corrected chi connectivity index (χ1v) is 5.28. The van der Waals surface area contributed by atoms with Gasteiger partial charge in [0.15, 0.2) is 0 Å². The van der Waals surface area contributed by atoms with E-state index in [1.54, 1.807) is 0 Å². The van der Waals surface area contributed by atoms with E-state index in [9.17, 15) is 18.0 Å². The first kappa shape index (κ1) is 12.7. The molecule has 1 aromatic rings. The molecule has 0 heterocycles. The quantitative estimate of drug-likeness (QED) is 0.626. The number of aromatic carboxylic acids is 1. The number of hydrogen-bond acceptors (Lipinski definition) is 3. The van der Waals surface area contributed by atoms with Crippen LogP contribution in [-0.2, 0) is 6.18 Å². The van der Waals surface area contributed by atoms with Crippen LogP contribution in [-0.4, -0.2) is 17.3 Å². The van der Waals surface area contributed by atoms with Gasteiger partial charge >= 0.3 is 12.1 Å². The van der Waals surface area contributed by atoms with Gasteiger partial charge in [0.1, 0.15) is 0 Å². The molecule has 0 saturated heterocycles. The monoisotopic (exact) mass is 251 g/mol. The van der Waals surface area contributed by atoms with Crippen molar-refractivity contribution in [1.29, 1.82) is 0 Å². The van der Waals surface area contributed by atoms with E-state index in [0.717, 1.165) is 23.9 Å². The Labute approximate surface area is 93.4 Å². The zero-order valence-corrected chi connectivity index (χ0v) is 8.95. The summed E-state index contributed by atoms with van der Waals surface area (Å²) in [4.78, 5) is 10.4. The Kier molecular flexibility index (Phi) is 3.37. The number of nitrogen functional groups attached to an aromatic ring is 1. The standard InChI is InChI=1S/C9H8F3NO2S/c1-16-7-5(9(10,11)12)3-2-4(6(7)13)8(14)15/h2-3H,13H2,1H3,(H,14,15). The second-order valence-corrected chi connectivity index (χ2v) is 3.73. The zero-order chi connectivity index (χ0) is 12.5. The number of carboxylic acid groups (broad SMARTS) is 1. The van der Waals surface area contributed by atoms with Gasteiger partial charge < -0.3 is 10.8 Å². The maximum absolute atomic E-state index is 12.5. The third-order valence-electron chi connectivity index (χ3n) is 1.94. The molecule has 1 aromatic carbocycles. The largest absolute Gasteiger partial charge is 0.478 e. The predicted molar refractivity (Wildman–Crippen MR) is 54.6 cm³/mol. The fourth-order valence-electron chi connectivity index (χ4n) is 1.23. The van der Waals surface area contributed by atoms with Crippen LogP contribution in [0.1, 0.15) is 15.9 Å². The smallest absolute Gasteiger partial charge is 0.417 e. The highest BCUT2D eigenvalue weighted by Gasteiger charge is 2.35. The lowest BCUT2D eigenvalue weighted by Gasteiger charge is -2.14. The van der Waals surface area contributed by atoms with Crippen molar-refractivity contribution in [1.82, 2.24) is 0 Å². The maximum Gasteiger partial charge on any atom is 0.417 e. The minimum absolute atomic E-state index is 0.257.